The lowest BCUT2D eigenvalue weighted by molar-refractivity contribution is 0.319. The SMILES string of the molecule is C/C(N)=C\C=C/C(C)OP. The highest BCUT2D eigenvalue weighted by atomic mass is 31.0. The standard InChI is InChI=1S/C7H14NOP/c1-6(8)4-3-5-7(2)9-10/h3-5,7H,8,10H2,1-2H3/b5-3-,6-4+. The molecule has 0 aromatic rings. The summed E-state index contributed by atoms with van der Waals surface area (Å²) in [5.74, 6) is 0. The molecule has 2 unspecified atom stereocenters. The van der Waals surface area contributed by atoms with Crippen LogP contribution in [0, 0.1) is 0 Å². The maximum absolute atomic E-state index is 5.38. The number of rotatable bonds is 3. The molecule has 58 valence electrons. The third-order valence-electron chi connectivity index (χ3n) is 0.956. The third-order valence-corrected chi connectivity index (χ3v) is 1.39. The highest BCUT2D eigenvalue weighted by Gasteiger charge is 1.87. The van der Waals surface area contributed by atoms with Crippen molar-refractivity contribution in [3.05, 3.63) is 23.9 Å². The second-order valence-corrected chi connectivity index (χ2v) is 2.41. The summed E-state index contributed by atoms with van der Waals surface area (Å²) in [6, 6.07) is 0. The van der Waals surface area contributed by atoms with Gasteiger partial charge in [0.2, 0.25) is 0 Å². The van der Waals surface area contributed by atoms with Gasteiger partial charge in [0.15, 0.2) is 0 Å². The zero-order valence-electron chi connectivity index (χ0n) is 6.37. The summed E-state index contributed by atoms with van der Waals surface area (Å²) < 4.78 is 4.89. The Bertz CT molecular complexity index is 139. The van der Waals surface area contributed by atoms with E-state index in [1.165, 1.54) is 0 Å². The van der Waals surface area contributed by atoms with Gasteiger partial charge in [-0.25, -0.2) is 0 Å². The number of hydrogen-bond acceptors (Lipinski definition) is 2. The van der Waals surface area contributed by atoms with Crippen LogP contribution in [0.15, 0.2) is 23.9 Å². The van der Waals surface area contributed by atoms with Gasteiger partial charge in [0.25, 0.3) is 0 Å². The van der Waals surface area contributed by atoms with E-state index >= 15 is 0 Å². The van der Waals surface area contributed by atoms with Gasteiger partial charge in [-0.2, -0.15) is 0 Å². The molecule has 2 atom stereocenters. The molecular formula is C7H14NOP. The van der Waals surface area contributed by atoms with Crippen LogP contribution < -0.4 is 5.73 Å². The molecule has 3 heteroatoms. The Morgan fingerprint density at radius 1 is 1.70 bits per heavy atom. The molecule has 0 amide bonds. The van der Waals surface area contributed by atoms with E-state index in [2.05, 4.69) is 9.47 Å². The monoisotopic (exact) mass is 159 g/mol. The molecule has 0 fully saturated rings. The van der Waals surface area contributed by atoms with Crippen molar-refractivity contribution in [1.29, 1.82) is 0 Å². The van der Waals surface area contributed by atoms with Crippen molar-refractivity contribution in [2.24, 2.45) is 5.73 Å². The van der Waals surface area contributed by atoms with Crippen molar-refractivity contribution in [3.63, 3.8) is 0 Å². The van der Waals surface area contributed by atoms with E-state index in [-0.39, 0.29) is 6.10 Å². The van der Waals surface area contributed by atoms with Crippen LogP contribution in [-0.2, 0) is 4.52 Å². The van der Waals surface area contributed by atoms with Crippen LogP contribution >= 0.6 is 9.47 Å². The molecule has 2 N–H and O–H groups in total. The molecule has 0 aromatic carbocycles. The van der Waals surface area contributed by atoms with Gasteiger partial charge in [0.1, 0.15) is 0 Å². The van der Waals surface area contributed by atoms with Crippen LogP contribution in [0.2, 0.25) is 0 Å². The molecule has 10 heavy (non-hydrogen) atoms. The van der Waals surface area contributed by atoms with Crippen LogP contribution in [0.4, 0.5) is 0 Å². The Morgan fingerprint density at radius 2 is 2.30 bits per heavy atom. The Morgan fingerprint density at radius 3 is 2.70 bits per heavy atom. The summed E-state index contributed by atoms with van der Waals surface area (Å²) in [5, 5.41) is 0. The number of allylic oxidation sites excluding steroid dienone is 3. The summed E-state index contributed by atoms with van der Waals surface area (Å²) in [6.07, 6.45) is 5.76. The Kier molecular flexibility index (Phi) is 5.27. The summed E-state index contributed by atoms with van der Waals surface area (Å²) in [6.45, 7) is 3.79. The van der Waals surface area contributed by atoms with Crippen molar-refractivity contribution in [2.75, 3.05) is 0 Å². The Labute approximate surface area is 64.4 Å². The lowest BCUT2D eigenvalue weighted by Crippen LogP contribution is -1.94. The van der Waals surface area contributed by atoms with Crippen molar-refractivity contribution in [1.82, 2.24) is 0 Å². The van der Waals surface area contributed by atoms with Gasteiger partial charge in [-0.1, -0.05) is 12.2 Å². The molecule has 0 rings (SSSR count). The molecule has 0 spiro atoms. The van der Waals surface area contributed by atoms with E-state index in [4.69, 9.17) is 10.3 Å². The first-order valence-corrected chi connectivity index (χ1v) is 3.60. The van der Waals surface area contributed by atoms with Gasteiger partial charge in [0, 0.05) is 15.2 Å². The lowest BCUT2D eigenvalue weighted by Gasteiger charge is -1.99. The van der Waals surface area contributed by atoms with Gasteiger partial charge in [-0.3, -0.25) is 0 Å². The van der Waals surface area contributed by atoms with Crippen molar-refractivity contribution in [2.45, 2.75) is 20.0 Å². The predicted molar refractivity (Wildman–Crippen MR) is 47.3 cm³/mol. The summed E-state index contributed by atoms with van der Waals surface area (Å²) in [5.41, 5.74) is 6.18. The van der Waals surface area contributed by atoms with Crippen LogP contribution in [0.25, 0.3) is 0 Å². The minimum atomic E-state index is 0.126. The van der Waals surface area contributed by atoms with Crippen LogP contribution in [0.1, 0.15) is 13.8 Å². The molecule has 0 heterocycles. The molecule has 0 saturated carbocycles. The van der Waals surface area contributed by atoms with Gasteiger partial charge in [0.05, 0.1) is 6.10 Å². The predicted octanol–water partition coefficient (Wildman–Crippen LogP) is 1.60. The minimum absolute atomic E-state index is 0.126. The van der Waals surface area contributed by atoms with Crippen LogP contribution in [-0.4, -0.2) is 6.10 Å². The number of hydrogen-bond donors (Lipinski definition) is 1. The van der Waals surface area contributed by atoms with E-state index in [1.54, 1.807) is 0 Å². The van der Waals surface area contributed by atoms with E-state index in [1.807, 2.05) is 32.1 Å². The first-order valence-electron chi connectivity index (χ1n) is 3.13. The van der Waals surface area contributed by atoms with E-state index < -0.39 is 0 Å². The Balaban J connectivity index is 3.66. The van der Waals surface area contributed by atoms with E-state index in [0.717, 1.165) is 5.70 Å². The van der Waals surface area contributed by atoms with Gasteiger partial charge < -0.3 is 10.3 Å². The van der Waals surface area contributed by atoms with Crippen LogP contribution in [0.3, 0.4) is 0 Å². The molecule has 0 bridgehead atoms. The fraction of sp³-hybridized carbons (Fsp3) is 0.429. The molecule has 0 radical (unpaired) electrons. The zero-order chi connectivity index (χ0) is 7.98. The molecule has 0 aliphatic carbocycles. The molecule has 0 aliphatic rings. The van der Waals surface area contributed by atoms with Crippen molar-refractivity contribution < 1.29 is 4.52 Å². The maximum Gasteiger partial charge on any atom is 0.0766 e. The largest absolute Gasteiger partial charge is 0.402 e. The topological polar surface area (TPSA) is 35.2 Å². The summed E-state index contributed by atoms with van der Waals surface area (Å²) in [7, 11) is 2.21. The smallest absolute Gasteiger partial charge is 0.0766 e. The summed E-state index contributed by atoms with van der Waals surface area (Å²) >= 11 is 0. The second-order valence-electron chi connectivity index (χ2n) is 2.14. The summed E-state index contributed by atoms with van der Waals surface area (Å²) in [4.78, 5) is 0. The quantitative estimate of drug-likeness (QED) is 0.501. The average molecular weight is 159 g/mol. The first kappa shape index (κ1) is 9.67. The normalized spacial score (nSPS) is 16.1. The molecule has 0 aromatic heterocycles. The highest BCUT2D eigenvalue weighted by molar-refractivity contribution is 7.09. The maximum atomic E-state index is 5.38. The van der Waals surface area contributed by atoms with Gasteiger partial charge in [-0.05, 0) is 19.9 Å². The molecule has 0 aliphatic heterocycles. The molecule has 2 nitrogen and oxygen atoms in total. The van der Waals surface area contributed by atoms with E-state index in [0.29, 0.717) is 0 Å². The zero-order valence-corrected chi connectivity index (χ0v) is 7.53. The number of nitrogens with two attached hydrogens (primary N) is 1. The van der Waals surface area contributed by atoms with Crippen molar-refractivity contribution in [3.8, 4) is 0 Å². The fourth-order valence-corrected chi connectivity index (χ4v) is 0.500. The second kappa shape index (κ2) is 5.45. The molecular weight excluding hydrogens is 145 g/mol. The van der Waals surface area contributed by atoms with E-state index in [9.17, 15) is 0 Å². The fourth-order valence-electron chi connectivity index (χ4n) is 0.409. The Hall–Kier alpha value is -0.330. The van der Waals surface area contributed by atoms with Gasteiger partial charge >= 0.3 is 0 Å². The third kappa shape index (κ3) is 5.80. The van der Waals surface area contributed by atoms with Gasteiger partial charge in [-0.15, -0.1) is 0 Å². The highest BCUT2D eigenvalue weighted by Crippen LogP contribution is 1.98. The minimum Gasteiger partial charge on any atom is -0.402 e. The average Bonchev–Trinajstić information content (AvgIpc) is 1.87. The molecule has 0 saturated heterocycles. The first-order chi connectivity index (χ1) is 4.66. The lowest BCUT2D eigenvalue weighted by atomic mass is 10.3. The van der Waals surface area contributed by atoms with Crippen molar-refractivity contribution >= 4 is 9.47 Å². The van der Waals surface area contributed by atoms with Crippen LogP contribution in [0.5, 0.6) is 0 Å².